The molecule has 1 N–H and O–H groups in total. The fourth-order valence-electron chi connectivity index (χ4n) is 5.36. The van der Waals surface area contributed by atoms with Gasteiger partial charge in [0.1, 0.15) is 12.6 Å². The minimum absolute atomic E-state index is 0.0916. The van der Waals surface area contributed by atoms with E-state index in [1.54, 1.807) is 42.5 Å². The first-order valence-electron chi connectivity index (χ1n) is 14.2. The highest BCUT2D eigenvalue weighted by atomic mass is 35.5. The number of benzene rings is 3. The zero-order chi connectivity index (χ0) is 29.4. The van der Waals surface area contributed by atoms with E-state index in [4.69, 9.17) is 11.6 Å². The first-order valence-corrected chi connectivity index (χ1v) is 16.1. The van der Waals surface area contributed by atoms with Gasteiger partial charge in [-0.2, -0.15) is 0 Å². The minimum atomic E-state index is -4.10. The zero-order valence-corrected chi connectivity index (χ0v) is 25.2. The lowest BCUT2D eigenvalue weighted by Crippen LogP contribution is -2.53. The smallest absolute Gasteiger partial charge is 0.264 e. The highest BCUT2D eigenvalue weighted by Crippen LogP contribution is 2.28. The van der Waals surface area contributed by atoms with Crippen LogP contribution in [0, 0.1) is 0 Å². The number of aryl methyl sites for hydroxylation is 1. The molecule has 1 atom stereocenters. The summed E-state index contributed by atoms with van der Waals surface area (Å²) in [5, 5.41) is 3.70. The predicted octanol–water partition coefficient (Wildman–Crippen LogP) is 5.96. The third-order valence-corrected chi connectivity index (χ3v) is 9.63. The molecule has 0 aliphatic heterocycles. The summed E-state index contributed by atoms with van der Waals surface area (Å²) in [4.78, 5) is 29.4. The molecular formula is C32H38ClN3O4S. The molecule has 0 radical (unpaired) electrons. The molecule has 218 valence electrons. The first-order chi connectivity index (χ1) is 19.7. The highest BCUT2D eigenvalue weighted by molar-refractivity contribution is 7.92. The number of carbonyl (C=O) groups is 2. The van der Waals surface area contributed by atoms with Crippen molar-refractivity contribution in [2.75, 3.05) is 10.8 Å². The lowest BCUT2D eigenvalue weighted by molar-refractivity contribution is -0.140. The molecule has 1 aliphatic carbocycles. The lowest BCUT2D eigenvalue weighted by atomic mass is 10.1. The van der Waals surface area contributed by atoms with Gasteiger partial charge in [-0.3, -0.25) is 13.9 Å². The van der Waals surface area contributed by atoms with E-state index >= 15 is 0 Å². The van der Waals surface area contributed by atoms with E-state index in [1.165, 1.54) is 21.3 Å². The van der Waals surface area contributed by atoms with Crippen molar-refractivity contribution in [3.05, 3.63) is 95.0 Å². The van der Waals surface area contributed by atoms with E-state index in [0.29, 0.717) is 23.6 Å². The van der Waals surface area contributed by atoms with Crippen molar-refractivity contribution in [3.8, 4) is 0 Å². The molecule has 0 unspecified atom stereocenters. The summed E-state index contributed by atoms with van der Waals surface area (Å²) < 4.78 is 29.2. The molecule has 1 saturated carbocycles. The second kappa shape index (κ2) is 14.0. The third-order valence-electron chi connectivity index (χ3n) is 7.60. The van der Waals surface area contributed by atoms with Crippen LogP contribution in [0.5, 0.6) is 0 Å². The molecule has 0 saturated heterocycles. The number of sulfonamides is 1. The molecule has 0 heterocycles. The van der Waals surface area contributed by atoms with Crippen molar-refractivity contribution in [1.29, 1.82) is 0 Å². The van der Waals surface area contributed by atoms with Crippen LogP contribution in [0.2, 0.25) is 5.02 Å². The summed E-state index contributed by atoms with van der Waals surface area (Å²) >= 11 is 6.10. The molecule has 0 bridgehead atoms. The Balaban J connectivity index is 1.73. The van der Waals surface area contributed by atoms with Gasteiger partial charge in [-0.1, -0.05) is 86.8 Å². The molecule has 1 aliphatic rings. The Morgan fingerprint density at radius 2 is 1.56 bits per heavy atom. The van der Waals surface area contributed by atoms with Gasteiger partial charge >= 0.3 is 0 Å². The number of hydrogen-bond donors (Lipinski definition) is 1. The van der Waals surface area contributed by atoms with Crippen LogP contribution in [0.4, 0.5) is 5.69 Å². The fraction of sp³-hybridized carbons (Fsp3) is 0.375. The van der Waals surface area contributed by atoms with E-state index < -0.39 is 28.5 Å². The van der Waals surface area contributed by atoms with Crippen LogP contribution < -0.4 is 9.62 Å². The Kier molecular flexibility index (Phi) is 10.5. The van der Waals surface area contributed by atoms with Crippen LogP contribution in [-0.2, 0) is 32.6 Å². The third kappa shape index (κ3) is 7.49. The Morgan fingerprint density at radius 3 is 2.20 bits per heavy atom. The average molecular weight is 596 g/mol. The minimum Gasteiger partial charge on any atom is -0.352 e. The molecule has 9 heteroatoms. The number of nitrogens with zero attached hydrogens (tertiary/aromatic N) is 2. The van der Waals surface area contributed by atoms with E-state index in [-0.39, 0.29) is 23.4 Å². The molecule has 4 rings (SSSR count). The molecule has 3 aromatic rings. The van der Waals surface area contributed by atoms with Crippen molar-refractivity contribution < 1.29 is 18.0 Å². The topological polar surface area (TPSA) is 86.8 Å². The Morgan fingerprint density at radius 1 is 0.927 bits per heavy atom. The number of nitrogens with one attached hydrogen (secondary N) is 1. The lowest BCUT2D eigenvalue weighted by Gasteiger charge is -2.34. The number of rotatable bonds is 12. The standard InChI is InChI=1S/C32H38ClN3O4S/c1-3-25-12-8-11-17-30(25)36(41(39,40)28-15-6-5-7-16-28)23-31(37)35(22-24-18-20-26(33)21-19-24)29(4-2)32(38)34-27-13-9-10-14-27/h5-8,11-12,15-21,27,29H,3-4,9-10,13-14,22-23H2,1-2H3,(H,34,38)/t29-/m0/s1. The second-order valence-corrected chi connectivity index (χ2v) is 12.7. The first kappa shape index (κ1) is 30.6. The second-order valence-electron chi connectivity index (χ2n) is 10.4. The van der Waals surface area contributed by atoms with Gasteiger partial charge in [0.05, 0.1) is 10.6 Å². The Bertz CT molecular complexity index is 1420. The van der Waals surface area contributed by atoms with Gasteiger partial charge in [-0.05, 0) is 67.1 Å². The predicted molar refractivity (Wildman–Crippen MR) is 163 cm³/mol. The van der Waals surface area contributed by atoms with Crippen molar-refractivity contribution in [2.24, 2.45) is 0 Å². The largest absolute Gasteiger partial charge is 0.352 e. The maximum atomic E-state index is 14.2. The van der Waals surface area contributed by atoms with Gasteiger partial charge in [-0.15, -0.1) is 0 Å². The SMILES string of the molecule is CCc1ccccc1N(CC(=O)N(Cc1ccc(Cl)cc1)[C@@H](CC)C(=O)NC1CCCC1)S(=O)(=O)c1ccccc1. The van der Waals surface area contributed by atoms with Crippen molar-refractivity contribution in [2.45, 2.75) is 75.9 Å². The van der Waals surface area contributed by atoms with Crippen molar-refractivity contribution in [3.63, 3.8) is 0 Å². The van der Waals surface area contributed by atoms with E-state index in [0.717, 1.165) is 36.8 Å². The molecular weight excluding hydrogens is 558 g/mol. The summed E-state index contributed by atoms with van der Waals surface area (Å²) in [6.07, 6.45) is 4.95. The number of carbonyl (C=O) groups excluding carboxylic acids is 2. The van der Waals surface area contributed by atoms with Crippen LogP contribution >= 0.6 is 11.6 Å². The van der Waals surface area contributed by atoms with Gasteiger partial charge in [0.15, 0.2) is 0 Å². The summed E-state index contributed by atoms with van der Waals surface area (Å²) in [5.74, 6) is -0.674. The summed E-state index contributed by atoms with van der Waals surface area (Å²) in [6.45, 7) is 3.50. The van der Waals surface area contributed by atoms with Crippen LogP contribution in [0.25, 0.3) is 0 Å². The van der Waals surface area contributed by atoms with Gasteiger partial charge in [-0.25, -0.2) is 8.42 Å². The van der Waals surface area contributed by atoms with Crippen molar-refractivity contribution >= 4 is 39.1 Å². The zero-order valence-electron chi connectivity index (χ0n) is 23.6. The van der Waals surface area contributed by atoms with Gasteiger partial charge < -0.3 is 10.2 Å². The van der Waals surface area contributed by atoms with Gasteiger partial charge in [0, 0.05) is 17.6 Å². The highest BCUT2D eigenvalue weighted by Gasteiger charge is 2.35. The molecule has 3 aromatic carbocycles. The van der Waals surface area contributed by atoms with Crippen LogP contribution in [0.15, 0.2) is 83.8 Å². The van der Waals surface area contributed by atoms with Gasteiger partial charge in [0.25, 0.3) is 10.0 Å². The maximum Gasteiger partial charge on any atom is 0.264 e. The number of amides is 2. The number of hydrogen-bond acceptors (Lipinski definition) is 4. The van der Waals surface area contributed by atoms with Crippen LogP contribution in [-0.4, -0.2) is 43.8 Å². The fourth-order valence-corrected chi connectivity index (χ4v) is 6.96. The monoisotopic (exact) mass is 595 g/mol. The van der Waals surface area contributed by atoms with Crippen LogP contribution in [0.1, 0.15) is 57.1 Å². The molecule has 7 nitrogen and oxygen atoms in total. The molecule has 41 heavy (non-hydrogen) atoms. The van der Waals surface area contributed by atoms with Crippen molar-refractivity contribution in [1.82, 2.24) is 10.2 Å². The average Bonchev–Trinajstić information content (AvgIpc) is 3.50. The van der Waals surface area contributed by atoms with E-state index in [1.807, 2.05) is 38.1 Å². The molecule has 2 amide bonds. The Hall–Kier alpha value is -3.36. The van der Waals surface area contributed by atoms with E-state index in [2.05, 4.69) is 5.32 Å². The molecule has 0 spiro atoms. The summed E-state index contributed by atoms with van der Waals surface area (Å²) in [7, 11) is -4.10. The van der Waals surface area contributed by atoms with E-state index in [9.17, 15) is 18.0 Å². The van der Waals surface area contributed by atoms with Gasteiger partial charge in [0.2, 0.25) is 11.8 Å². The normalized spacial score (nSPS) is 14.4. The maximum absolute atomic E-state index is 14.2. The molecule has 0 aromatic heterocycles. The molecule has 1 fully saturated rings. The quantitative estimate of drug-likeness (QED) is 0.280. The number of halogens is 1. The Labute approximate surface area is 248 Å². The summed E-state index contributed by atoms with van der Waals surface area (Å²) in [5.41, 5.74) is 2.04. The number of para-hydroxylation sites is 1. The summed E-state index contributed by atoms with van der Waals surface area (Å²) in [6, 6.07) is 21.8. The number of anilines is 1. The van der Waals surface area contributed by atoms with Crippen LogP contribution in [0.3, 0.4) is 0 Å².